The van der Waals surface area contributed by atoms with Gasteiger partial charge in [0.25, 0.3) is 0 Å². The molecule has 1 aliphatic heterocycles. The summed E-state index contributed by atoms with van der Waals surface area (Å²) in [6, 6.07) is 22.1. The van der Waals surface area contributed by atoms with Gasteiger partial charge in [-0.25, -0.2) is 0 Å². The molecular weight excluding hydrogens is 441 g/mol. The van der Waals surface area contributed by atoms with Crippen molar-refractivity contribution in [2.45, 2.75) is 19.0 Å². The molecule has 4 heteroatoms. The molecule has 2 heterocycles. The lowest BCUT2D eigenvalue weighted by molar-refractivity contribution is 0.207. The van der Waals surface area contributed by atoms with E-state index in [1.807, 2.05) is 23.5 Å². The highest BCUT2D eigenvalue weighted by Crippen LogP contribution is 2.38. The molecule has 0 saturated carbocycles. The smallest absolute Gasteiger partial charge is 0.118 e. The van der Waals surface area contributed by atoms with Gasteiger partial charge >= 0.3 is 0 Å². The van der Waals surface area contributed by atoms with Crippen LogP contribution in [0, 0.1) is 0 Å². The van der Waals surface area contributed by atoms with Gasteiger partial charge in [-0.2, -0.15) is 0 Å². The van der Waals surface area contributed by atoms with E-state index in [4.69, 9.17) is 4.74 Å². The van der Waals surface area contributed by atoms with Crippen LogP contribution in [0.2, 0.25) is 0 Å². The third-order valence-electron chi connectivity index (χ3n) is 4.74. The number of ether oxygens (including phenoxy) is 1. The van der Waals surface area contributed by atoms with Crippen molar-refractivity contribution in [1.82, 2.24) is 4.90 Å². The van der Waals surface area contributed by atoms with Crippen molar-refractivity contribution in [2.75, 3.05) is 13.7 Å². The monoisotopic (exact) mass is 463 g/mol. The molecule has 0 amide bonds. The lowest BCUT2D eigenvalue weighted by Crippen LogP contribution is -2.35. The Labute approximate surface area is 170 Å². The second-order valence-electron chi connectivity index (χ2n) is 6.19. The molecule has 0 radical (unpaired) electrons. The zero-order valence-electron chi connectivity index (χ0n) is 14.2. The first-order valence-electron chi connectivity index (χ1n) is 8.33. The van der Waals surface area contributed by atoms with E-state index in [2.05, 4.69) is 58.8 Å². The number of hydrogen-bond acceptors (Lipinski definition) is 3. The van der Waals surface area contributed by atoms with E-state index < -0.39 is 0 Å². The maximum atomic E-state index is 5.27. The second kappa shape index (κ2) is 8.34. The number of rotatable bonds is 4. The summed E-state index contributed by atoms with van der Waals surface area (Å²) in [6.07, 6.45) is 1.12. The first-order chi connectivity index (χ1) is 11.8. The highest BCUT2D eigenvalue weighted by atomic mass is 127. The van der Waals surface area contributed by atoms with Gasteiger partial charge in [-0.05, 0) is 46.7 Å². The maximum absolute atomic E-state index is 5.27. The van der Waals surface area contributed by atoms with E-state index in [0.29, 0.717) is 6.04 Å². The molecule has 1 aromatic heterocycles. The maximum Gasteiger partial charge on any atom is 0.118 e. The first kappa shape index (κ1) is 18.4. The normalized spacial score (nSPS) is 16.8. The van der Waals surface area contributed by atoms with E-state index in [1.54, 1.807) is 7.11 Å². The minimum atomic E-state index is 0. The molecule has 1 atom stereocenters. The average Bonchev–Trinajstić information content (AvgIpc) is 3.16. The standard InChI is InChI=1S/C21H21NOS.HI/c1-23-18-10-8-16(9-11-18)15-22-13-12-17-5-2-3-6-19(17)21(22)20-7-4-14-24-20;/h2-11,14,21H,12-13,15H2,1H3;1H. The largest absolute Gasteiger partial charge is 0.497 e. The lowest BCUT2D eigenvalue weighted by atomic mass is 9.91. The molecule has 0 aliphatic carbocycles. The van der Waals surface area contributed by atoms with E-state index in [9.17, 15) is 0 Å². The topological polar surface area (TPSA) is 12.5 Å². The van der Waals surface area contributed by atoms with Crippen molar-refractivity contribution in [3.05, 3.63) is 87.6 Å². The van der Waals surface area contributed by atoms with Crippen LogP contribution >= 0.6 is 35.3 Å². The van der Waals surface area contributed by atoms with Gasteiger partial charge < -0.3 is 4.74 Å². The molecule has 0 saturated heterocycles. The van der Waals surface area contributed by atoms with Crippen LogP contribution in [-0.4, -0.2) is 18.6 Å². The second-order valence-corrected chi connectivity index (χ2v) is 7.16. The van der Waals surface area contributed by atoms with Gasteiger partial charge in [0, 0.05) is 18.0 Å². The molecule has 0 bridgehead atoms. The van der Waals surface area contributed by atoms with Crippen LogP contribution in [0.1, 0.15) is 27.6 Å². The highest BCUT2D eigenvalue weighted by Gasteiger charge is 2.29. The fraction of sp³-hybridized carbons (Fsp3) is 0.238. The van der Waals surface area contributed by atoms with Gasteiger partial charge in [0.05, 0.1) is 13.2 Å². The van der Waals surface area contributed by atoms with Gasteiger partial charge in [0.1, 0.15) is 5.75 Å². The van der Waals surface area contributed by atoms with Gasteiger partial charge in [0.2, 0.25) is 0 Å². The van der Waals surface area contributed by atoms with E-state index >= 15 is 0 Å². The molecule has 2 aromatic carbocycles. The van der Waals surface area contributed by atoms with Crippen molar-refractivity contribution in [3.63, 3.8) is 0 Å². The number of methoxy groups -OCH3 is 1. The summed E-state index contributed by atoms with van der Waals surface area (Å²) in [4.78, 5) is 4.02. The van der Waals surface area contributed by atoms with E-state index in [1.165, 1.54) is 21.6 Å². The Morgan fingerprint density at radius 2 is 1.84 bits per heavy atom. The van der Waals surface area contributed by atoms with Gasteiger partial charge in [-0.15, -0.1) is 35.3 Å². The molecule has 4 rings (SSSR count). The quantitative estimate of drug-likeness (QED) is 0.473. The summed E-state index contributed by atoms with van der Waals surface area (Å²) in [5.74, 6) is 0.914. The average molecular weight is 463 g/mol. The van der Waals surface area contributed by atoms with Crippen LogP contribution in [0.15, 0.2) is 66.0 Å². The fourth-order valence-corrected chi connectivity index (χ4v) is 4.41. The number of nitrogens with zero attached hydrogens (tertiary/aromatic N) is 1. The van der Waals surface area contributed by atoms with Crippen LogP contribution in [0.25, 0.3) is 0 Å². The number of benzene rings is 2. The van der Waals surface area contributed by atoms with E-state index in [-0.39, 0.29) is 24.0 Å². The van der Waals surface area contributed by atoms with Crippen molar-refractivity contribution in [3.8, 4) is 5.75 Å². The van der Waals surface area contributed by atoms with Crippen LogP contribution in [0.3, 0.4) is 0 Å². The summed E-state index contributed by atoms with van der Waals surface area (Å²) in [7, 11) is 1.71. The SMILES string of the molecule is COc1ccc(CN2CCc3ccccc3C2c2cccs2)cc1.I. The zero-order valence-corrected chi connectivity index (χ0v) is 17.4. The Morgan fingerprint density at radius 1 is 1.04 bits per heavy atom. The number of thiophene rings is 1. The van der Waals surface area contributed by atoms with Gasteiger partial charge in [-0.3, -0.25) is 4.90 Å². The molecule has 130 valence electrons. The Hall–Kier alpha value is -1.37. The van der Waals surface area contributed by atoms with Crippen molar-refractivity contribution in [1.29, 1.82) is 0 Å². The summed E-state index contributed by atoms with van der Waals surface area (Å²) >= 11 is 1.85. The Kier molecular flexibility index (Phi) is 6.15. The third kappa shape index (κ3) is 3.91. The third-order valence-corrected chi connectivity index (χ3v) is 5.67. The minimum absolute atomic E-state index is 0. The molecule has 2 nitrogen and oxygen atoms in total. The first-order valence-corrected chi connectivity index (χ1v) is 9.21. The van der Waals surface area contributed by atoms with Gasteiger partial charge in [-0.1, -0.05) is 42.5 Å². The van der Waals surface area contributed by atoms with Crippen LogP contribution in [0.5, 0.6) is 5.75 Å². The molecule has 0 spiro atoms. The number of fused-ring (bicyclic) bond motifs is 1. The molecule has 25 heavy (non-hydrogen) atoms. The van der Waals surface area contributed by atoms with Gasteiger partial charge in [0.15, 0.2) is 0 Å². The molecule has 1 aliphatic rings. The van der Waals surface area contributed by atoms with E-state index in [0.717, 1.165) is 25.3 Å². The molecule has 0 N–H and O–H groups in total. The summed E-state index contributed by atoms with van der Waals surface area (Å²) in [6.45, 7) is 2.05. The van der Waals surface area contributed by atoms with Crippen LogP contribution in [0.4, 0.5) is 0 Å². The number of halogens is 1. The molecular formula is C21H22INOS. The Morgan fingerprint density at radius 3 is 2.56 bits per heavy atom. The van der Waals surface area contributed by atoms with Crippen LogP contribution < -0.4 is 4.74 Å². The Balaban J connectivity index is 0.00000182. The molecule has 3 aromatic rings. The van der Waals surface area contributed by atoms with Crippen molar-refractivity contribution in [2.24, 2.45) is 0 Å². The number of hydrogen-bond donors (Lipinski definition) is 0. The zero-order chi connectivity index (χ0) is 16.4. The summed E-state index contributed by atoms with van der Waals surface area (Å²) in [5, 5.41) is 2.18. The predicted molar refractivity (Wildman–Crippen MR) is 115 cm³/mol. The fourth-order valence-electron chi connectivity index (χ4n) is 3.53. The van der Waals surface area contributed by atoms with Crippen molar-refractivity contribution < 1.29 is 4.74 Å². The Bertz CT molecular complexity index is 801. The van der Waals surface area contributed by atoms with Crippen LogP contribution in [-0.2, 0) is 13.0 Å². The van der Waals surface area contributed by atoms with Crippen molar-refractivity contribution >= 4 is 35.3 Å². The minimum Gasteiger partial charge on any atom is -0.497 e. The summed E-state index contributed by atoms with van der Waals surface area (Å²) < 4.78 is 5.27. The molecule has 0 fully saturated rings. The lowest BCUT2D eigenvalue weighted by Gasteiger charge is -2.37. The predicted octanol–water partition coefficient (Wildman–Crippen LogP) is 5.52. The highest BCUT2D eigenvalue weighted by molar-refractivity contribution is 14.0. The molecule has 1 unspecified atom stereocenters. The summed E-state index contributed by atoms with van der Waals surface area (Å²) in [5.41, 5.74) is 4.28.